The SMILES string of the molecule is NC(=O)c1cc(Cl)ccc1NC(=O)c1cccnc1. The van der Waals surface area contributed by atoms with Crippen LogP contribution in [-0.4, -0.2) is 16.8 Å². The van der Waals surface area contributed by atoms with Crippen LogP contribution >= 0.6 is 11.6 Å². The van der Waals surface area contributed by atoms with Crippen molar-refractivity contribution >= 4 is 29.1 Å². The minimum absolute atomic E-state index is 0.157. The Balaban J connectivity index is 2.29. The monoisotopic (exact) mass is 275 g/mol. The second-order valence-electron chi connectivity index (χ2n) is 3.75. The van der Waals surface area contributed by atoms with Crippen molar-refractivity contribution in [2.24, 2.45) is 5.73 Å². The number of hydrogen-bond donors (Lipinski definition) is 2. The van der Waals surface area contributed by atoms with Crippen molar-refractivity contribution in [3.05, 3.63) is 58.9 Å². The lowest BCUT2D eigenvalue weighted by molar-refractivity contribution is 0.100. The number of anilines is 1. The Kier molecular flexibility index (Phi) is 3.77. The topological polar surface area (TPSA) is 85.1 Å². The molecule has 1 aromatic heterocycles. The van der Waals surface area contributed by atoms with Crippen molar-refractivity contribution in [3.8, 4) is 0 Å². The molecule has 0 saturated heterocycles. The largest absolute Gasteiger partial charge is 0.366 e. The van der Waals surface area contributed by atoms with Gasteiger partial charge < -0.3 is 11.1 Å². The maximum absolute atomic E-state index is 11.9. The molecule has 0 bridgehead atoms. The summed E-state index contributed by atoms with van der Waals surface area (Å²) < 4.78 is 0. The number of benzene rings is 1. The summed E-state index contributed by atoms with van der Waals surface area (Å²) in [4.78, 5) is 27.1. The zero-order valence-electron chi connectivity index (χ0n) is 9.76. The van der Waals surface area contributed by atoms with Crippen LogP contribution in [0.5, 0.6) is 0 Å². The van der Waals surface area contributed by atoms with Crippen molar-refractivity contribution in [3.63, 3.8) is 0 Å². The number of pyridine rings is 1. The first-order chi connectivity index (χ1) is 9.08. The van der Waals surface area contributed by atoms with E-state index in [1.54, 1.807) is 24.4 Å². The van der Waals surface area contributed by atoms with Gasteiger partial charge in [0.2, 0.25) is 0 Å². The molecular formula is C13H10ClN3O2. The van der Waals surface area contributed by atoms with Gasteiger partial charge >= 0.3 is 0 Å². The van der Waals surface area contributed by atoms with E-state index in [4.69, 9.17) is 17.3 Å². The molecule has 0 atom stereocenters. The number of nitrogens with two attached hydrogens (primary N) is 1. The van der Waals surface area contributed by atoms with Crippen molar-refractivity contribution in [1.29, 1.82) is 0 Å². The van der Waals surface area contributed by atoms with E-state index >= 15 is 0 Å². The second-order valence-corrected chi connectivity index (χ2v) is 4.19. The number of nitrogens with one attached hydrogen (secondary N) is 1. The van der Waals surface area contributed by atoms with Crippen LogP contribution in [0.2, 0.25) is 5.02 Å². The van der Waals surface area contributed by atoms with E-state index in [9.17, 15) is 9.59 Å². The molecule has 0 aliphatic rings. The Bertz CT molecular complexity index is 629. The summed E-state index contributed by atoms with van der Waals surface area (Å²) >= 11 is 5.78. The van der Waals surface area contributed by atoms with E-state index in [0.717, 1.165) is 0 Å². The molecule has 19 heavy (non-hydrogen) atoms. The van der Waals surface area contributed by atoms with Gasteiger partial charge in [-0.3, -0.25) is 14.6 Å². The van der Waals surface area contributed by atoms with Gasteiger partial charge in [-0.25, -0.2) is 0 Å². The standard InChI is InChI=1S/C13H10ClN3O2/c14-9-3-4-11(10(6-9)12(15)18)17-13(19)8-2-1-5-16-7-8/h1-7H,(H2,15,18)(H,17,19). The fourth-order valence-corrected chi connectivity index (χ4v) is 1.69. The van der Waals surface area contributed by atoms with E-state index in [0.29, 0.717) is 16.3 Å². The average molecular weight is 276 g/mol. The summed E-state index contributed by atoms with van der Waals surface area (Å²) in [5.74, 6) is -1.04. The first-order valence-electron chi connectivity index (χ1n) is 5.38. The lowest BCUT2D eigenvalue weighted by Crippen LogP contribution is -2.18. The first-order valence-corrected chi connectivity index (χ1v) is 5.76. The molecular weight excluding hydrogens is 266 g/mol. The molecule has 0 fully saturated rings. The molecule has 2 aromatic rings. The van der Waals surface area contributed by atoms with Gasteiger partial charge in [-0.05, 0) is 30.3 Å². The fraction of sp³-hybridized carbons (Fsp3) is 0. The predicted molar refractivity (Wildman–Crippen MR) is 72.2 cm³/mol. The zero-order valence-corrected chi connectivity index (χ0v) is 10.5. The number of carbonyl (C=O) groups excluding carboxylic acids is 2. The van der Waals surface area contributed by atoms with E-state index in [1.807, 2.05) is 0 Å². The Morgan fingerprint density at radius 3 is 2.68 bits per heavy atom. The van der Waals surface area contributed by atoms with Crippen molar-refractivity contribution < 1.29 is 9.59 Å². The molecule has 5 nitrogen and oxygen atoms in total. The lowest BCUT2D eigenvalue weighted by atomic mass is 10.1. The molecule has 0 aliphatic carbocycles. The van der Waals surface area contributed by atoms with Gasteiger partial charge in [-0.2, -0.15) is 0 Å². The van der Waals surface area contributed by atoms with E-state index in [-0.39, 0.29) is 11.5 Å². The number of carbonyl (C=O) groups is 2. The summed E-state index contributed by atoms with van der Waals surface area (Å²) in [6, 6.07) is 7.75. The second kappa shape index (κ2) is 5.49. The minimum atomic E-state index is -0.663. The van der Waals surface area contributed by atoms with Crippen LogP contribution in [0.25, 0.3) is 0 Å². The summed E-state index contributed by atoms with van der Waals surface area (Å²) in [6.07, 6.45) is 2.99. The molecule has 0 aliphatic heterocycles. The van der Waals surface area contributed by atoms with E-state index in [1.165, 1.54) is 18.3 Å². The third-order valence-electron chi connectivity index (χ3n) is 2.42. The van der Waals surface area contributed by atoms with E-state index < -0.39 is 5.91 Å². The highest BCUT2D eigenvalue weighted by Crippen LogP contribution is 2.20. The van der Waals surface area contributed by atoms with Gasteiger partial charge in [0.05, 0.1) is 16.8 Å². The fourth-order valence-electron chi connectivity index (χ4n) is 1.52. The number of amides is 2. The molecule has 96 valence electrons. The molecule has 0 unspecified atom stereocenters. The van der Waals surface area contributed by atoms with Crippen molar-refractivity contribution in [2.75, 3.05) is 5.32 Å². The van der Waals surface area contributed by atoms with Crippen LogP contribution < -0.4 is 11.1 Å². The molecule has 0 radical (unpaired) electrons. The number of primary amides is 1. The third-order valence-corrected chi connectivity index (χ3v) is 2.65. The van der Waals surface area contributed by atoms with Gasteiger partial charge in [0.1, 0.15) is 0 Å². The first kappa shape index (κ1) is 13.0. The summed E-state index contributed by atoms with van der Waals surface area (Å²) in [5, 5.41) is 2.97. The minimum Gasteiger partial charge on any atom is -0.366 e. The number of rotatable bonds is 3. The number of aromatic nitrogens is 1. The number of halogens is 1. The highest BCUT2D eigenvalue weighted by atomic mass is 35.5. The van der Waals surface area contributed by atoms with E-state index in [2.05, 4.69) is 10.3 Å². The summed E-state index contributed by atoms with van der Waals surface area (Å²) in [7, 11) is 0. The molecule has 0 saturated carbocycles. The smallest absolute Gasteiger partial charge is 0.257 e. The van der Waals surface area contributed by atoms with Gasteiger partial charge in [-0.15, -0.1) is 0 Å². The van der Waals surface area contributed by atoms with Gasteiger partial charge in [-0.1, -0.05) is 11.6 Å². The van der Waals surface area contributed by atoms with Crippen molar-refractivity contribution in [1.82, 2.24) is 4.98 Å². The highest BCUT2D eigenvalue weighted by molar-refractivity contribution is 6.31. The quantitative estimate of drug-likeness (QED) is 0.899. The van der Waals surface area contributed by atoms with Gasteiger partial charge in [0.25, 0.3) is 11.8 Å². The molecule has 1 aromatic carbocycles. The van der Waals surface area contributed by atoms with Crippen LogP contribution in [0, 0.1) is 0 Å². The van der Waals surface area contributed by atoms with Crippen LogP contribution in [0.3, 0.4) is 0 Å². The Labute approximate surface area is 114 Å². The zero-order chi connectivity index (χ0) is 13.8. The normalized spacial score (nSPS) is 9.95. The molecule has 1 heterocycles. The van der Waals surface area contributed by atoms with Gasteiger partial charge in [0, 0.05) is 17.4 Å². The molecule has 3 N–H and O–H groups in total. The lowest BCUT2D eigenvalue weighted by Gasteiger charge is -2.09. The van der Waals surface area contributed by atoms with Crippen molar-refractivity contribution in [2.45, 2.75) is 0 Å². The van der Waals surface area contributed by atoms with Crippen LogP contribution in [0.1, 0.15) is 20.7 Å². The Morgan fingerprint density at radius 1 is 1.26 bits per heavy atom. The van der Waals surface area contributed by atoms with Crippen LogP contribution in [0.4, 0.5) is 5.69 Å². The molecule has 0 spiro atoms. The number of nitrogens with zero attached hydrogens (tertiary/aromatic N) is 1. The Hall–Kier alpha value is -2.40. The predicted octanol–water partition coefficient (Wildman–Crippen LogP) is 2.09. The van der Waals surface area contributed by atoms with Crippen LogP contribution in [0.15, 0.2) is 42.7 Å². The average Bonchev–Trinajstić information content (AvgIpc) is 2.41. The Morgan fingerprint density at radius 2 is 2.05 bits per heavy atom. The molecule has 6 heteroatoms. The molecule has 2 rings (SSSR count). The maximum atomic E-state index is 11.9. The number of hydrogen-bond acceptors (Lipinski definition) is 3. The highest BCUT2D eigenvalue weighted by Gasteiger charge is 2.12. The maximum Gasteiger partial charge on any atom is 0.257 e. The van der Waals surface area contributed by atoms with Gasteiger partial charge in [0.15, 0.2) is 0 Å². The summed E-state index contributed by atoms with van der Waals surface area (Å²) in [5.41, 5.74) is 6.09. The third kappa shape index (κ3) is 3.08. The van der Waals surface area contributed by atoms with Crippen LogP contribution in [-0.2, 0) is 0 Å². The molecule has 2 amide bonds. The summed E-state index contributed by atoms with van der Waals surface area (Å²) in [6.45, 7) is 0.